The predicted molar refractivity (Wildman–Crippen MR) is 111 cm³/mol. The average Bonchev–Trinajstić information content (AvgIpc) is 2.79. The number of carbonyl (C=O) groups is 1. The van der Waals surface area contributed by atoms with Gasteiger partial charge < -0.3 is 14.4 Å². The van der Waals surface area contributed by atoms with Crippen molar-refractivity contribution in [3.63, 3.8) is 0 Å². The summed E-state index contributed by atoms with van der Waals surface area (Å²) in [4.78, 5) is 22.2. The number of fused-ring (bicyclic) bond motifs is 1. The lowest BCUT2D eigenvalue weighted by Gasteiger charge is -2.63. The third-order valence-corrected chi connectivity index (χ3v) is 7.25. The highest BCUT2D eigenvalue weighted by molar-refractivity contribution is 6.05. The fourth-order valence-corrected chi connectivity index (χ4v) is 5.56. The van der Waals surface area contributed by atoms with Gasteiger partial charge in [-0.1, -0.05) is 24.3 Å². The molecule has 3 aliphatic rings. The number of methoxy groups -OCH3 is 1. The molecule has 2 aromatic rings. The summed E-state index contributed by atoms with van der Waals surface area (Å²) in [5.74, 6) is 0.0550. The number of amides is 1. The van der Waals surface area contributed by atoms with Gasteiger partial charge in [-0.3, -0.25) is 14.7 Å². The SMILES string of the molecule is COC1CN(C2CCN(C(=O)c3nccc4ccccc34)CC2)C12CCOCC2. The van der Waals surface area contributed by atoms with Crippen molar-refractivity contribution in [2.24, 2.45) is 0 Å². The molecule has 1 amide bonds. The van der Waals surface area contributed by atoms with Gasteiger partial charge in [0.05, 0.1) is 11.6 Å². The molecule has 0 saturated carbocycles. The molecule has 1 spiro atoms. The van der Waals surface area contributed by atoms with E-state index in [0.29, 0.717) is 17.8 Å². The summed E-state index contributed by atoms with van der Waals surface area (Å²) in [7, 11) is 1.83. The number of nitrogens with zero attached hydrogens (tertiary/aromatic N) is 3. The van der Waals surface area contributed by atoms with Crippen molar-refractivity contribution in [1.82, 2.24) is 14.8 Å². The zero-order valence-corrected chi connectivity index (χ0v) is 17.0. The molecule has 1 aromatic heterocycles. The van der Waals surface area contributed by atoms with Crippen molar-refractivity contribution in [3.05, 3.63) is 42.2 Å². The maximum atomic E-state index is 13.2. The van der Waals surface area contributed by atoms with Gasteiger partial charge in [-0.25, -0.2) is 0 Å². The lowest BCUT2D eigenvalue weighted by Crippen LogP contribution is -2.75. The van der Waals surface area contributed by atoms with E-state index < -0.39 is 0 Å². The standard InChI is InChI=1S/C23H29N3O3/c1-28-20-16-26(23(20)9-14-29-15-10-23)18-7-12-25(13-8-18)22(27)21-19-5-3-2-4-17(19)6-11-24-21/h2-6,11,18,20H,7-10,12-16H2,1H3. The van der Waals surface area contributed by atoms with Crippen LogP contribution in [0.1, 0.15) is 36.2 Å². The molecule has 1 unspecified atom stereocenters. The van der Waals surface area contributed by atoms with Crippen molar-refractivity contribution in [3.8, 4) is 0 Å². The molecular weight excluding hydrogens is 366 g/mol. The number of piperidine rings is 1. The van der Waals surface area contributed by atoms with Crippen LogP contribution in [0.4, 0.5) is 0 Å². The van der Waals surface area contributed by atoms with Crippen molar-refractivity contribution < 1.29 is 14.3 Å². The summed E-state index contributed by atoms with van der Waals surface area (Å²) in [5, 5.41) is 2.00. The van der Waals surface area contributed by atoms with E-state index >= 15 is 0 Å². The number of aromatic nitrogens is 1. The van der Waals surface area contributed by atoms with Crippen LogP contribution in [0.25, 0.3) is 10.8 Å². The van der Waals surface area contributed by atoms with Crippen LogP contribution in [0.5, 0.6) is 0 Å². The van der Waals surface area contributed by atoms with Crippen LogP contribution in [0.2, 0.25) is 0 Å². The van der Waals surface area contributed by atoms with Crippen molar-refractivity contribution >= 4 is 16.7 Å². The molecule has 1 aromatic carbocycles. The Kier molecular flexibility index (Phi) is 5.02. The van der Waals surface area contributed by atoms with Crippen LogP contribution in [0.15, 0.2) is 36.5 Å². The number of hydrogen-bond donors (Lipinski definition) is 0. The number of rotatable bonds is 3. The first-order chi connectivity index (χ1) is 14.2. The average molecular weight is 396 g/mol. The van der Waals surface area contributed by atoms with Crippen LogP contribution < -0.4 is 0 Å². The first-order valence-corrected chi connectivity index (χ1v) is 10.7. The van der Waals surface area contributed by atoms with E-state index in [0.717, 1.165) is 69.3 Å². The number of carbonyl (C=O) groups excluding carboxylic acids is 1. The number of ether oxygens (including phenoxy) is 2. The van der Waals surface area contributed by atoms with Gasteiger partial charge in [0.15, 0.2) is 0 Å². The molecule has 29 heavy (non-hydrogen) atoms. The summed E-state index contributed by atoms with van der Waals surface area (Å²) in [6.07, 6.45) is 6.16. The van der Waals surface area contributed by atoms with Crippen LogP contribution >= 0.6 is 0 Å². The molecule has 3 saturated heterocycles. The maximum Gasteiger partial charge on any atom is 0.273 e. The van der Waals surface area contributed by atoms with Gasteiger partial charge in [-0.2, -0.15) is 0 Å². The van der Waals surface area contributed by atoms with E-state index in [4.69, 9.17) is 9.47 Å². The van der Waals surface area contributed by atoms with Gasteiger partial charge in [0.2, 0.25) is 0 Å². The summed E-state index contributed by atoms with van der Waals surface area (Å²) in [6, 6.07) is 10.5. The Balaban J connectivity index is 1.27. The zero-order chi connectivity index (χ0) is 19.8. The van der Waals surface area contributed by atoms with Gasteiger partial charge in [0, 0.05) is 57.6 Å². The third kappa shape index (κ3) is 3.14. The second-order valence-electron chi connectivity index (χ2n) is 8.50. The fraction of sp³-hybridized carbons (Fsp3) is 0.565. The second kappa shape index (κ2) is 7.67. The molecule has 4 heterocycles. The fourth-order valence-electron chi connectivity index (χ4n) is 5.56. The summed E-state index contributed by atoms with van der Waals surface area (Å²) in [6.45, 7) is 4.21. The molecule has 0 N–H and O–H groups in total. The van der Waals surface area contributed by atoms with Crippen molar-refractivity contribution in [2.45, 2.75) is 43.4 Å². The molecule has 0 bridgehead atoms. The molecule has 0 radical (unpaired) electrons. The molecular formula is C23H29N3O3. The molecule has 3 fully saturated rings. The normalized spacial score (nSPS) is 25.3. The van der Waals surface area contributed by atoms with E-state index in [1.165, 1.54) is 0 Å². The van der Waals surface area contributed by atoms with Crippen molar-refractivity contribution in [2.75, 3.05) is 40.0 Å². The third-order valence-electron chi connectivity index (χ3n) is 7.25. The Morgan fingerprint density at radius 1 is 1.17 bits per heavy atom. The van der Waals surface area contributed by atoms with E-state index in [1.54, 1.807) is 6.20 Å². The largest absolute Gasteiger partial charge is 0.381 e. The number of likely N-dealkylation sites (tertiary alicyclic amines) is 2. The van der Waals surface area contributed by atoms with Crippen molar-refractivity contribution in [1.29, 1.82) is 0 Å². The summed E-state index contributed by atoms with van der Waals surface area (Å²) >= 11 is 0. The Morgan fingerprint density at radius 2 is 1.93 bits per heavy atom. The Morgan fingerprint density at radius 3 is 2.69 bits per heavy atom. The van der Waals surface area contributed by atoms with Crippen LogP contribution in [0, 0.1) is 0 Å². The van der Waals surface area contributed by atoms with E-state index in [1.807, 2.05) is 42.3 Å². The number of benzene rings is 1. The van der Waals surface area contributed by atoms with Gasteiger partial charge >= 0.3 is 0 Å². The molecule has 1 atom stereocenters. The first kappa shape index (κ1) is 19.0. The summed E-state index contributed by atoms with van der Waals surface area (Å²) in [5.41, 5.74) is 0.715. The molecule has 5 rings (SSSR count). The van der Waals surface area contributed by atoms with Crippen LogP contribution in [0.3, 0.4) is 0 Å². The van der Waals surface area contributed by atoms with Gasteiger partial charge in [0.1, 0.15) is 5.69 Å². The highest BCUT2D eigenvalue weighted by atomic mass is 16.5. The highest BCUT2D eigenvalue weighted by Gasteiger charge is 2.56. The maximum absolute atomic E-state index is 13.2. The highest BCUT2D eigenvalue weighted by Crippen LogP contribution is 2.44. The van der Waals surface area contributed by atoms with Crippen LogP contribution in [-0.2, 0) is 9.47 Å². The predicted octanol–water partition coefficient (Wildman–Crippen LogP) is 2.72. The van der Waals surface area contributed by atoms with Gasteiger partial charge in [-0.05, 0) is 37.1 Å². The van der Waals surface area contributed by atoms with Gasteiger partial charge in [-0.15, -0.1) is 0 Å². The Hall–Kier alpha value is -2.02. The number of pyridine rings is 1. The van der Waals surface area contributed by atoms with E-state index in [-0.39, 0.29) is 11.4 Å². The molecule has 0 aliphatic carbocycles. The molecule has 6 heteroatoms. The Labute approximate surface area is 171 Å². The molecule has 3 aliphatic heterocycles. The monoisotopic (exact) mass is 395 g/mol. The first-order valence-electron chi connectivity index (χ1n) is 10.7. The smallest absolute Gasteiger partial charge is 0.273 e. The molecule has 6 nitrogen and oxygen atoms in total. The minimum atomic E-state index is 0.0550. The summed E-state index contributed by atoms with van der Waals surface area (Å²) < 4.78 is 11.4. The molecule has 154 valence electrons. The van der Waals surface area contributed by atoms with E-state index in [2.05, 4.69) is 9.88 Å². The zero-order valence-electron chi connectivity index (χ0n) is 17.0. The Bertz CT molecular complexity index is 883. The lowest BCUT2D eigenvalue weighted by atomic mass is 9.73. The minimum absolute atomic E-state index is 0.0550. The lowest BCUT2D eigenvalue weighted by molar-refractivity contribution is -0.207. The topological polar surface area (TPSA) is 54.9 Å². The number of hydrogen-bond acceptors (Lipinski definition) is 5. The van der Waals surface area contributed by atoms with E-state index in [9.17, 15) is 4.79 Å². The van der Waals surface area contributed by atoms with Crippen LogP contribution in [-0.4, -0.2) is 78.3 Å². The quantitative estimate of drug-likeness (QED) is 0.800. The van der Waals surface area contributed by atoms with Gasteiger partial charge in [0.25, 0.3) is 5.91 Å². The second-order valence-corrected chi connectivity index (χ2v) is 8.50. The minimum Gasteiger partial charge on any atom is -0.381 e.